The second kappa shape index (κ2) is 19.5. The summed E-state index contributed by atoms with van der Waals surface area (Å²) in [5.41, 5.74) is 0. The minimum atomic E-state index is -0.813. The number of nitrogens with zero attached hydrogens (tertiary/aromatic N) is 2. The summed E-state index contributed by atoms with van der Waals surface area (Å²) in [5, 5.41) is 35.2. The van der Waals surface area contributed by atoms with Gasteiger partial charge in [0.25, 0.3) is 0 Å². The van der Waals surface area contributed by atoms with Crippen LogP contribution in [0.25, 0.3) is 0 Å². The Morgan fingerprint density at radius 2 is 0.594 bits per heavy atom. The minimum Gasteiger partial charge on any atom is -0.481 e. The Balaban J connectivity index is 4.61. The van der Waals surface area contributed by atoms with Gasteiger partial charge in [0, 0.05) is 38.8 Å². The first-order valence-corrected chi connectivity index (χ1v) is 11.5. The molecule has 10 heteroatoms. The third-order valence-corrected chi connectivity index (χ3v) is 5.19. The van der Waals surface area contributed by atoms with Crippen LogP contribution in [-0.2, 0) is 19.2 Å². The lowest BCUT2D eigenvalue weighted by Crippen LogP contribution is -2.37. The second-order valence-electron chi connectivity index (χ2n) is 8.09. The molecule has 4 N–H and O–H groups in total. The summed E-state index contributed by atoms with van der Waals surface area (Å²) in [7, 11) is 0. The maximum absolute atomic E-state index is 10.7. The molecule has 0 aromatic rings. The van der Waals surface area contributed by atoms with E-state index in [1.54, 1.807) is 0 Å². The van der Waals surface area contributed by atoms with E-state index in [1.165, 1.54) is 0 Å². The largest absolute Gasteiger partial charge is 0.481 e. The van der Waals surface area contributed by atoms with Crippen molar-refractivity contribution in [3.63, 3.8) is 0 Å². The van der Waals surface area contributed by atoms with Gasteiger partial charge in [-0.3, -0.25) is 19.2 Å². The number of aliphatic carboxylic acids is 4. The third-order valence-electron chi connectivity index (χ3n) is 5.19. The molecule has 0 amide bonds. The Hall–Kier alpha value is -2.20. The molecule has 0 radical (unpaired) electrons. The van der Waals surface area contributed by atoms with Gasteiger partial charge in [0.1, 0.15) is 0 Å². The molecule has 0 aromatic heterocycles. The SMILES string of the molecule is O=C(O)CCCCN(CCCCC(=O)O)CCN(CCCCC(=O)O)CCCCC(=O)O. The number of hydrogen-bond donors (Lipinski definition) is 4. The van der Waals surface area contributed by atoms with Crippen LogP contribution in [0, 0.1) is 0 Å². The van der Waals surface area contributed by atoms with Gasteiger partial charge in [0.05, 0.1) is 0 Å². The van der Waals surface area contributed by atoms with E-state index in [0.29, 0.717) is 25.7 Å². The molecule has 32 heavy (non-hydrogen) atoms. The van der Waals surface area contributed by atoms with E-state index in [-0.39, 0.29) is 25.7 Å². The van der Waals surface area contributed by atoms with Crippen LogP contribution in [0.15, 0.2) is 0 Å². The lowest BCUT2D eigenvalue weighted by Gasteiger charge is -2.28. The topological polar surface area (TPSA) is 156 Å². The predicted molar refractivity (Wildman–Crippen MR) is 119 cm³/mol. The molecule has 0 saturated carbocycles. The molecule has 10 nitrogen and oxygen atoms in total. The number of rotatable bonds is 23. The van der Waals surface area contributed by atoms with Gasteiger partial charge in [0.2, 0.25) is 0 Å². The van der Waals surface area contributed by atoms with Gasteiger partial charge in [0.15, 0.2) is 0 Å². The van der Waals surface area contributed by atoms with Gasteiger partial charge in [-0.05, 0) is 77.5 Å². The Morgan fingerprint density at radius 1 is 0.375 bits per heavy atom. The molecule has 0 spiro atoms. The molecule has 0 rings (SSSR count). The van der Waals surface area contributed by atoms with E-state index < -0.39 is 23.9 Å². The summed E-state index contributed by atoms with van der Waals surface area (Å²) >= 11 is 0. The molecule has 0 bridgehead atoms. The Morgan fingerprint density at radius 3 is 0.781 bits per heavy atom. The van der Waals surface area contributed by atoms with Crippen LogP contribution in [0.5, 0.6) is 0 Å². The summed E-state index contributed by atoms with van der Waals surface area (Å²) in [6.45, 7) is 4.47. The van der Waals surface area contributed by atoms with E-state index in [2.05, 4.69) is 9.80 Å². The van der Waals surface area contributed by atoms with Crippen molar-refractivity contribution in [2.24, 2.45) is 0 Å². The van der Waals surface area contributed by atoms with E-state index in [9.17, 15) is 19.2 Å². The molecule has 0 aliphatic rings. The van der Waals surface area contributed by atoms with Crippen molar-refractivity contribution in [2.75, 3.05) is 39.3 Å². The van der Waals surface area contributed by atoms with Crippen LogP contribution >= 0.6 is 0 Å². The maximum Gasteiger partial charge on any atom is 0.303 e. The van der Waals surface area contributed by atoms with Gasteiger partial charge in [-0.2, -0.15) is 0 Å². The molecule has 0 aliphatic heterocycles. The summed E-state index contributed by atoms with van der Waals surface area (Å²) in [5.74, 6) is -3.25. The van der Waals surface area contributed by atoms with Crippen molar-refractivity contribution in [3.05, 3.63) is 0 Å². The number of carboxylic acids is 4. The van der Waals surface area contributed by atoms with Crippen LogP contribution in [0.4, 0.5) is 0 Å². The van der Waals surface area contributed by atoms with Gasteiger partial charge in [-0.25, -0.2) is 0 Å². The van der Waals surface area contributed by atoms with Gasteiger partial charge < -0.3 is 30.2 Å². The fourth-order valence-electron chi connectivity index (χ4n) is 3.40. The summed E-state index contributed by atoms with van der Waals surface area (Å²) in [6, 6.07) is 0. The average Bonchev–Trinajstić information content (AvgIpc) is 2.70. The third kappa shape index (κ3) is 21.0. The second-order valence-corrected chi connectivity index (χ2v) is 8.09. The van der Waals surface area contributed by atoms with Crippen LogP contribution in [0.1, 0.15) is 77.0 Å². The molecular formula is C22H40N2O8. The van der Waals surface area contributed by atoms with Crippen molar-refractivity contribution in [1.82, 2.24) is 9.80 Å². The smallest absolute Gasteiger partial charge is 0.303 e. The highest BCUT2D eigenvalue weighted by molar-refractivity contribution is 5.67. The lowest BCUT2D eigenvalue weighted by atomic mass is 10.2. The first kappa shape index (κ1) is 29.8. The van der Waals surface area contributed by atoms with Gasteiger partial charge in [-0.15, -0.1) is 0 Å². The quantitative estimate of drug-likeness (QED) is 0.167. The van der Waals surface area contributed by atoms with Gasteiger partial charge >= 0.3 is 23.9 Å². The van der Waals surface area contributed by atoms with Gasteiger partial charge in [-0.1, -0.05) is 0 Å². The molecule has 0 heterocycles. The number of unbranched alkanes of at least 4 members (excludes halogenated alkanes) is 4. The number of carbonyl (C=O) groups is 4. The molecular weight excluding hydrogens is 420 g/mol. The Kier molecular flexibility index (Phi) is 18.1. The zero-order chi connectivity index (χ0) is 24.2. The predicted octanol–water partition coefficient (Wildman–Crippen LogP) is 2.61. The lowest BCUT2D eigenvalue weighted by molar-refractivity contribution is -0.138. The standard InChI is InChI=1S/C22H40N2O8/c25-19(26)9-1-5-13-23(14-6-2-10-20(27)28)17-18-24(15-7-3-11-21(29)30)16-8-4-12-22(31)32/h1-18H2,(H,25,26)(H,27,28)(H,29,30)(H,31,32). The van der Waals surface area contributed by atoms with Crippen LogP contribution < -0.4 is 0 Å². The molecule has 0 unspecified atom stereocenters. The fraction of sp³-hybridized carbons (Fsp3) is 0.818. The molecule has 0 fully saturated rings. The highest BCUT2D eigenvalue weighted by atomic mass is 16.4. The molecule has 0 aliphatic carbocycles. The summed E-state index contributed by atoms with van der Waals surface area (Å²) in [4.78, 5) is 47.3. The van der Waals surface area contributed by atoms with E-state index >= 15 is 0 Å². The normalized spacial score (nSPS) is 11.2. The zero-order valence-corrected chi connectivity index (χ0v) is 19.0. The highest BCUT2D eigenvalue weighted by Crippen LogP contribution is 2.07. The van der Waals surface area contributed by atoms with Crippen LogP contribution in [0.3, 0.4) is 0 Å². The van der Waals surface area contributed by atoms with E-state index in [0.717, 1.165) is 65.0 Å². The maximum atomic E-state index is 10.7. The van der Waals surface area contributed by atoms with Crippen molar-refractivity contribution in [1.29, 1.82) is 0 Å². The van der Waals surface area contributed by atoms with E-state index in [4.69, 9.17) is 20.4 Å². The number of carboxylic acid groups (broad SMARTS) is 4. The monoisotopic (exact) mass is 460 g/mol. The number of hydrogen-bond acceptors (Lipinski definition) is 6. The minimum absolute atomic E-state index is 0.131. The van der Waals surface area contributed by atoms with Crippen molar-refractivity contribution < 1.29 is 39.6 Å². The van der Waals surface area contributed by atoms with Crippen molar-refractivity contribution >= 4 is 23.9 Å². The van der Waals surface area contributed by atoms with E-state index in [1.807, 2.05) is 0 Å². The van der Waals surface area contributed by atoms with Crippen LogP contribution in [-0.4, -0.2) is 93.4 Å². The summed E-state index contributed by atoms with van der Waals surface area (Å²) in [6.07, 6.45) is 5.90. The van der Waals surface area contributed by atoms with Crippen LogP contribution in [0.2, 0.25) is 0 Å². The molecule has 186 valence electrons. The molecule has 0 atom stereocenters. The first-order valence-electron chi connectivity index (χ1n) is 11.5. The Bertz CT molecular complexity index is 464. The zero-order valence-electron chi connectivity index (χ0n) is 19.0. The summed E-state index contributed by atoms with van der Waals surface area (Å²) < 4.78 is 0. The first-order chi connectivity index (χ1) is 15.2. The highest BCUT2D eigenvalue weighted by Gasteiger charge is 2.11. The Labute approximate surface area is 190 Å². The average molecular weight is 461 g/mol. The molecule has 0 aromatic carbocycles. The van der Waals surface area contributed by atoms with Crippen molar-refractivity contribution in [2.45, 2.75) is 77.0 Å². The molecule has 0 saturated heterocycles. The van der Waals surface area contributed by atoms with Crippen molar-refractivity contribution in [3.8, 4) is 0 Å². The fourth-order valence-corrected chi connectivity index (χ4v) is 3.40.